The maximum absolute atomic E-state index is 5.32. The summed E-state index contributed by atoms with van der Waals surface area (Å²) < 4.78 is 5.32. The highest BCUT2D eigenvalue weighted by atomic mass is 16.5. The van der Waals surface area contributed by atoms with Crippen LogP contribution < -0.4 is 4.74 Å². The smallest absolute Gasteiger partial charge is 0.119 e. The van der Waals surface area contributed by atoms with E-state index in [2.05, 4.69) is 67.6 Å². The Morgan fingerprint density at radius 2 is 1.62 bits per heavy atom. The lowest BCUT2D eigenvalue weighted by Gasteiger charge is -2.16. The minimum absolute atomic E-state index is 0.639. The standard InChI is InChI=1S/C23H26O/c1-3-19(11-7-10-18-8-5-4-6-9-18)20-12-13-22-17-23(24-2)15-14-21(22)16-20/h4-6,8-9,12-17,19H,3,7,10-11H2,1-2H3/t19-/m0/s1. The molecule has 0 N–H and O–H groups in total. The first kappa shape index (κ1) is 16.6. The Bertz CT molecular complexity index is 776. The maximum Gasteiger partial charge on any atom is 0.119 e. The summed E-state index contributed by atoms with van der Waals surface area (Å²) in [7, 11) is 1.72. The van der Waals surface area contributed by atoms with Gasteiger partial charge < -0.3 is 4.74 Å². The molecule has 0 saturated carbocycles. The summed E-state index contributed by atoms with van der Waals surface area (Å²) >= 11 is 0. The van der Waals surface area contributed by atoms with Crippen molar-refractivity contribution in [2.75, 3.05) is 7.11 Å². The van der Waals surface area contributed by atoms with Crippen LogP contribution in [0, 0.1) is 0 Å². The van der Waals surface area contributed by atoms with Crippen molar-refractivity contribution in [3.63, 3.8) is 0 Å². The van der Waals surface area contributed by atoms with Crippen molar-refractivity contribution in [2.24, 2.45) is 0 Å². The highest BCUT2D eigenvalue weighted by molar-refractivity contribution is 5.84. The number of methoxy groups -OCH3 is 1. The molecule has 3 rings (SSSR count). The normalized spacial score (nSPS) is 12.2. The van der Waals surface area contributed by atoms with E-state index in [0.717, 1.165) is 5.75 Å². The van der Waals surface area contributed by atoms with Gasteiger partial charge in [0.1, 0.15) is 5.75 Å². The Morgan fingerprint density at radius 1 is 0.875 bits per heavy atom. The molecule has 3 aromatic carbocycles. The summed E-state index contributed by atoms with van der Waals surface area (Å²) in [5.41, 5.74) is 2.90. The van der Waals surface area contributed by atoms with Crippen LogP contribution in [-0.4, -0.2) is 7.11 Å². The van der Waals surface area contributed by atoms with E-state index in [-0.39, 0.29) is 0 Å². The highest BCUT2D eigenvalue weighted by Crippen LogP contribution is 2.29. The van der Waals surface area contributed by atoms with Gasteiger partial charge in [0.15, 0.2) is 0 Å². The van der Waals surface area contributed by atoms with Gasteiger partial charge in [-0.2, -0.15) is 0 Å². The number of fused-ring (bicyclic) bond motifs is 1. The molecular weight excluding hydrogens is 292 g/mol. The zero-order chi connectivity index (χ0) is 16.8. The van der Waals surface area contributed by atoms with E-state index in [1.54, 1.807) is 7.11 Å². The van der Waals surface area contributed by atoms with Crippen LogP contribution >= 0.6 is 0 Å². The molecular formula is C23H26O. The number of hydrogen-bond acceptors (Lipinski definition) is 1. The molecule has 0 bridgehead atoms. The number of hydrogen-bond donors (Lipinski definition) is 0. The fourth-order valence-electron chi connectivity index (χ4n) is 3.43. The molecule has 0 aromatic heterocycles. The lowest BCUT2D eigenvalue weighted by atomic mass is 9.89. The van der Waals surface area contributed by atoms with Gasteiger partial charge in [-0.25, -0.2) is 0 Å². The van der Waals surface area contributed by atoms with Gasteiger partial charge in [0.2, 0.25) is 0 Å². The second-order valence-electron chi connectivity index (χ2n) is 6.46. The van der Waals surface area contributed by atoms with Crippen LogP contribution in [0.1, 0.15) is 43.2 Å². The molecule has 0 radical (unpaired) electrons. The van der Waals surface area contributed by atoms with Crippen LogP contribution in [0.25, 0.3) is 10.8 Å². The van der Waals surface area contributed by atoms with Gasteiger partial charge in [0.05, 0.1) is 7.11 Å². The van der Waals surface area contributed by atoms with Gasteiger partial charge >= 0.3 is 0 Å². The summed E-state index contributed by atoms with van der Waals surface area (Å²) in [6.45, 7) is 2.30. The van der Waals surface area contributed by atoms with Crippen LogP contribution in [0.2, 0.25) is 0 Å². The zero-order valence-corrected chi connectivity index (χ0v) is 14.7. The highest BCUT2D eigenvalue weighted by Gasteiger charge is 2.10. The van der Waals surface area contributed by atoms with Crippen LogP contribution in [-0.2, 0) is 6.42 Å². The monoisotopic (exact) mass is 318 g/mol. The summed E-state index contributed by atoms with van der Waals surface area (Å²) in [6.07, 6.45) is 4.84. The average Bonchev–Trinajstić information content (AvgIpc) is 2.65. The molecule has 0 aliphatic carbocycles. The predicted molar refractivity (Wildman–Crippen MR) is 103 cm³/mol. The Morgan fingerprint density at radius 3 is 2.38 bits per heavy atom. The molecule has 0 aliphatic heterocycles. The predicted octanol–water partition coefficient (Wildman–Crippen LogP) is 6.36. The summed E-state index contributed by atoms with van der Waals surface area (Å²) in [5.74, 6) is 1.56. The van der Waals surface area contributed by atoms with Gasteiger partial charge in [-0.3, -0.25) is 0 Å². The second-order valence-corrected chi connectivity index (χ2v) is 6.46. The zero-order valence-electron chi connectivity index (χ0n) is 14.7. The van der Waals surface area contributed by atoms with E-state index in [1.165, 1.54) is 47.6 Å². The van der Waals surface area contributed by atoms with E-state index >= 15 is 0 Å². The number of aryl methyl sites for hydroxylation is 1. The lowest BCUT2D eigenvalue weighted by molar-refractivity contribution is 0.415. The Labute approximate surface area is 145 Å². The van der Waals surface area contributed by atoms with E-state index in [4.69, 9.17) is 4.74 Å². The molecule has 0 aliphatic rings. The van der Waals surface area contributed by atoms with Gasteiger partial charge in [-0.05, 0) is 65.6 Å². The molecule has 0 fully saturated rings. The Hall–Kier alpha value is -2.28. The fraction of sp³-hybridized carbons (Fsp3) is 0.304. The first-order chi connectivity index (χ1) is 11.8. The summed E-state index contributed by atoms with van der Waals surface area (Å²) in [6, 6.07) is 24.0. The summed E-state index contributed by atoms with van der Waals surface area (Å²) in [4.78, 5) is 0. The van der Waals surface area contributed by atoms with Crippen molar-refractivity contribution < 1.29 is 4.74 Å². The summed E-state index contributed by atoms with van der Waals surface area (Å²) in [5, 5.41) is 2.55. The topological polar surface area (TPSA) is 9.23 Å². The molecule has 0 unspecified atom stereocenters. The largest absolute Gasteiger partial charge is 0.497 e. The first-order valence-corrected chi connectivity index (χ1v) is 8.91. The SMILES string of the molecule is CC[C@@H](CCCc1ccccc1)c1ccc2cc(OC)ccc2c1. The van der Waals surface area contributed by atoms with Crippen LogP contribution in [0.15, 0.2) is 66.7 Å². The minimum Gasteiger partial charge on any atom is -0.497 e. The van der Waals surface area contributed by atoms with Gasteiger partial charge in [0.25, 0.3) is 0 Å². The third kappa shape index (κ3) is 3.97. The molecule has 1 heteroatoms. The fourth-order valence-corrected chi connectivity index (χ4v) is 3.43. The first-order valence-electron chi connectivity index (χ1n) is 8.91. The van der Waals surface area contributed by atoms with Crippen molar-refractivity contribution in [3.8, 4) is 5.75 Å². The molecule has 0 heterocycles. The van der Waals surface area contributed by atoms with Crippen LogP contribution in [0.3, 0.4) is 0 Å². The van der Waals surface area contributed by atoms with Crippen LogP contribution in [0.4, 0.5) is 0 Å². The lowest BCUT2D eigenvalue weighted by Crippen LogP contribution is -1.99. The number of benzene rings is 3. The van der Waals surface area contributed by atoms with Crippen molar-refractivity contribution in [1.82, 2.24) is 0 Å². The molecule has 0 amide bonds. The third-order valence-electron chi connectivity index (χ3n) is 4.90. The van der Waals surface area contributed by atoms with Crippen molar-refractivity contribution in [2.45, 2.75) is 38.5 Å². The molecule has 1 nitrogen and oxygen atoms in total. The minimum atomic E-state index is 0.639. The van der Waals surface area contributed by atoms with E-state index < -0.39 is 0 Å². The van der Waals surface area contributed by atoms with Gasteiger partial charge in [-0.1, -0.05) is 61.5 Å². The quantitative estimate of drug-likeness (QED) is 0.492. The van der Waals surface area contributed by atoms with Gasteiger partial charge in [0, 0.05) is 0 Å². The van der Waals surface area contributed by atoms with Crippen molar-refractivity contribution in [1.29, 1.82) is 0 Å². The molecule has 24 heavy (non-hydrogen) atoms. The molecule has 0 spiro atoms. The molecule has 124 valence electrons. The number of rotatable bonds is 7. The molecule has 1 atom stereocenters. The van der Waals surface area contributed by atoms with E-state index in [0.29, 0.717) is 5.92 Å². The Kier molecular flexibility index (Phi) is 5.53. The average molecular weight is 318 g/mol. The molecule has 3 aromatic rings. The number of ether oxygens (including phenoxy) is 1. The van der Waals surface area contributed by atoms with Crippen molar-refractivity contribution in [3.05, 3.63) is 77.9 Å². The van der Waals surface area contributed by atoms with E-state index in [9.17, 15) is 0 Å². The maximum atomic E-state index is 5.32. The Balaban J connectivity index is 1.69. The molecule has 0 saturated heterocycles. The second kappa shape index (κ2) is 8.01. The van der Waals surface area contributed by atoms with Gasteiger partial charge in [-0.15, -0.1) is 0 Å². The van der Waals surface area contributed by atoms with Crippen molar-refractivity contribution >= 4 is 10.8 Å². The van der Waals surface area contributed by atoms with Crippen LogP contribution in [0.5, 0.6) is 5.75 Å². The van der Waals surface area contributed by atoms with E-state index in [1.807, 2.05) is 6.07 Å². The third-order valence-corrected chi connectivity index (χ3v) is 4.90.